The van der Waals surface area contributed by atoms with Gasteiger partial charge in [-0.3, -0.25) is 0 Å². The summed E-state index contributed by atoms with van der Waals surface area (Å²) in [5, 5.41) is 4.12. The van der Waals surface area contributed by atoms with Crippen LogP contribution in [-0.2, 0) is 0 Å². The van der Waals surface area contributed by atoms with Crippen molar-refractivity contribution in [3.8, 4) is 0 Å². The van der Waals surface area contributed by atoms with Crippen molar-refractivity contribution in [2.24, 2.45) is 0 Å². The van der Waals surface area contributed by atoms with Crippen LogP contribution in [0, 0.1) is 0 Å². The number of nitrogens with one attached hydrogen (secondary N) is 1. The summed E-state index contributed by atoms with van der Waals surface area (Å²) in [4.78, 5) is 2.37. The Bertz CT molecular complexity index is 314. The molecule has 2 nitrogen and oxygen atoms in total. The Kier molecular flexibility index (Phi) is 2.94. The first kappa shape index (κ1) is 9.81. The Morgan fingerprint density at radius 2 is 2.36 bits per heavy atom. The van der Waals surface area contributed by atoms with E-state index in [-0.39, 0.29) is 0 Å². The average Bonchev–Trinajstić information content (AvgIpc) is 2.66. The molecular formula is C11H15ClN2. The minimum absolute atomic E-state index is 0.619. The van der Waals surface area contributed by atoms with Gasteiger partial charge < -0.3 is 10.2 Å². The van der Waals surface area contributed by atoms with Gasteiger partial charge in [-0.1, -0.05) is 17.7 Å². The summed E-state index contributed by atoms with van der Waals surface area (Å²) in [7, 11) is 2.02. The van der Waals surface area contributed by atoms with Crippen LogP contribution in [0.5, 0.6) is 0 Å². The lowest BCUT2D eigenvalue weighted by Gasteiger charge is -2.18. The van der Waals surface area contributed by atoms with Gasteiger partial charge in [0.15, 0.2) is 0 Å². The zero-order valence-electron chi connectivity index (χ0n) is 8.33. The third-order valence-corrected chi connectivity index (χ3v) is 3.00. The van der Waals surface area contributed by atoms with Crippen LogP contribution in [0.15, 0.2) is 24.3 Å². The summed E-state index contributed by atoms with van der Waals surface area (Å²) < 4.78 is 0. The molecule has 1 unspecified atom stereocenters. The summed E-state index contributed by atoms with van der Waals surface area (Å²) in [5.41, 5.74) is 1.23. The Morgan fingerprint density at radius 1 is 1.50 bits per heavy atom. The first-order chi connectivity index (χ1) is 6.79. The molecule has 1 heterocycles. The van der Waals surface area contributed by atoms with Crippen LogP contribution in [-0.4, -0.2) is 26.2 Å². The Hall–Kier alpha value is -0.730. The predicted molar refractivity (Wildman–Crippen MR) is 61.1 cm³/mol. The minimum atomic E-state index is 0.619. The molecule has 1 fully saturated rings. The molecule has 14 heavy (non-hydrogen) atoms. The van der Waals surface area contributed by atoms with E-state index in [0.29, 0.717) is 6.04 Å². The number of nitrogens with zero attached hydrogens (tertiary/aromatic N) is 1. The van der Waals surface area contributed by atoms with Gasteiger partial charge in [0.2, 0.25) is 0 Å². The fourth-order valence-corrected chi connectivity index (χ4v) is 2.09. The zero-order chi connectivity index (χ0) is 9.97. The fourth-order valence-electron chi connectivity index (χ4n) is 1.90. The monoisotopic (exact) mass is 210 g/mol. The summed E-state index contributed by atoms with van der Waals surface area (Å²) in [6.07, 6.45) is 1.21. The van der Waals surface area contributed by atoms with Gasteiger partial charge in [0.05, 0.1) is 0 Å². The molecule has 0 aliphatic carbocycles. The molecule has 1 N–H and O–H groups in total. The molecule has 1 aliphatic heterocycles. The largest absolute Gasteiger partial charge is 0.370 e. The maximum atomic E-state index is 5.95. The number of benzene rings is 1. The van der Waals surface area contributed by atoms with E-state index in [1.165, 1.54) is 12.1 Å². The number of rotatable bonds is 2. The molecule has 0 amide bonds. The molecule has 2 rings (SSSR count). The summed E-state index contributed by atoms with van der Waals surface area (Å²) in [5.74, 6) is 0. The van der Waals surface area contributed by atoms with E-state index in [0.717, 1.165) is 18.1 Å². The molecule has 0 spiro atoms. The summed E-state index contributed by atoms with van der Waals surface area (Å²) >= 11 is 5.95. The topological polar surface area (TPSA) is 15.3 Å². The highest BCUT2D eigenvalue weighted by atomic mass is 35.5. The van der Waals surface area contributed by atoms with Gasteiger partial charge in [-0.05, 0) is 31.7 Å². The van der Waals surface area contributed by atoms with Gasteiger partial charge in [0.25, 0.3) is 0 Å². The predicted octanol–water partition coefficient (Wildman–Crippen LogP) is 2.14. The maximum Gasteiger partial charge on any atom is 0.0426 e. The van der Waals surface area contributed by atoms with Crippen molar-refractivity contribution in [3.63, 3.8) is 0 Å². The van der Waals surface area contributed by atoms with Crippen LogP contribution in [0.4, 0.5) is 5.69 Å². The average molecular weight is 211 g/mol. The van der Waals surface area contributed by atoms with Gasteiger partial charge in [-0.15, -0.1) is 0 Å². The van der Waals surface area contributed by atoms with Crippen LogP contribution in [0.1, 0.15) is 6.42 Å². The van der Waals surface area contributed by atoms with E-state index in [4.69, 9.17) is 11.6 Å². The van der Waals surface area contributed by atoms with Crippen molar-refractivity contribution in [2.45, 2.75) is 12.5 Å². The van der Waals surface area contributed by atoms with Gasteiger partial charge in [0.1, 0.15) is 0 Å². The molecule has 1 atom stereocenters. The van der Waals surface area contributed by atoms with E-state index in [9.17, 15) is 0 Å². The third-order valence-electron chi connectivity index (χ3n) is 2.77. The number of anilines is 1. The maximum absolute atomic E-state index is 5.95. The molecule has 0 aromatic heterocycles. The molecule has 3 heteroatoms. The fraction of sp³-hybridized carbons (Fsp3) is 0.455. The highest BCUT2D eigenvalue weighted by molar-refractivity contribution is 6.30. The van der Waals surface area contributed by atoms with Crippen LogP contribution in [0.2, 0.25) is 5.02 Å². The third kappa shape index (κ3) is 2.02. The second-order valence-corrected chi connectivity index (χ2v) is 4.14. The molecule has 1 aromatic carbocycles. The second-order valence-electron chi connectivity index (χ2n) is 3.70. The Morgan fingerprint density at radius 3 is 3.00 bits per heavy atom. The smallest absolute Gasteiger partial charge is 0.0426 e. The van der Waals surface area contributed by atoms with E-state index in [1.54, 1.807) is 0 Å². The Balaban J connectivity index is 2.09. The molecule has 1 saturated heterocycles. The quantitative estimate of drug-likeness (QED) is 0.805. The summed E-state index contributed by atoms with van der Waals surface area (Å²) in [6.45, 7) is 2.20. The first-order valence-electron chi connectivity index (χ1n) is 4.97. The van der Waals surface area contributed by atoms with E-state index < -0.39 is 0 Å². The Labute approximate surface area is 89.9 Å². The van der Waals surface area contributed by atoms with E-state index in [1.807, 2.05) is 25.2 Å². The highest BCUT2D eigenvalue weighted by Gasteiger charge is 2.20. The number of hydrogen-bond donors (Lipinski definition) is 1. The standard InChI is InChI=1S/C11H15ClN2/c1-13-10-5-6-14(8-10)11-4-2-3-9(12)7-11/h2-4,7,10,13H,5-6,8H2,1H3. The molecule has 0 radical (unpaired) electrons. The second kappa shape index (κ2) is 4.20. The molecule has 1 aliphatic rings. The molecule has 0 bridgehead atoms. The van der Waals surface area contributed by atoms with Gasteiger partial charge in [-0.25, -0.2) is 0 Å². The lowest BCUT2D eigenvalue weighted by molar-refractivity contribution is 0.617. The van der Waals surface area contributed by atoms with Crippen molar-refractivity contribution in [1.29, 1.82) is 0 Å². The zero-order valence-corrected chi connectivity index (χ0v) is 9.09. The minimum Gasteiger partial charge on any atom is -0.370 e. The lowest BCUT2D eigenvalue weighted by Crippen LogP contribution is -2.29. The van der Waals surface area contributed by atoms with E-state index in [2.05, 4.69) is 16.3 Å². The van der Waals surface area contributed by atoms with Gasteiger partial charge in [-0.2, -0.15) is 0 Å². The number of likely N-dealkylation sites (N-methyl/N-ethyl adjacent to an activating group) is 1. The number of halogens is 1. The normalized spacial score (nSPS) is 21.6. The van der Waals surface area contributed by atoms with Crippen molar-refractivity contribution in [3.05, 3.63) is 29.3 Å². The van der Waals surface area contributed by atoms with Gasteiger partial charge >= 0.3 is 0 Å². The van der Waals surface area contributed by atoms with Crippen LogP contribution in [0.25, 0.3) is 0 Å². The SMILES string of the molecule is CNC1CCN(c2cccc(Cl)c2)C1. The number of hydrogen-bond acceptors (Lipinski definition) is 2. The van der Waals surface area contributed by atoms with E-state index >= 15 is 0 Å². The van der Waals surface area contributed by atoms with Crippen molar-refractivity contribution in [1.82, 2.24) is 5.32 Å². The van der Waals surface area contributed by atoms with Crippen LogP contribution >= 0.6 is 11.6 Å². The summed E-state index contributed by atoms with van der Waals surface area (Å²) in [6, 6.07) is 8.68. The highest BCUT2D eigenvalue weighted by Crippen LogP contribution is 2.23. The molecular weight excluding hydrogens is 196 g/mol. The van der Waals surface area contributed by atoms with Crippen LogP contribution < -0.4 is 10.2 Å². The van der Waals surface area contributed by atoms with Crippen molar-refractivity contribution < 1.29 is 0 Å². The van der Waals surface area contributed by atoms with Crippen molar-refractivity contribution >= 4 is 17.3 Å². The molecule has 76 valence electrons. The lowest BCUT2D eigenvalue weighted by atomic mass is 10.3. The molecule has 0 saturated carbocycles. The van der Waals surface area contributed by atoms with Gasteiger partial charge in [0, 0.05) is 29.8 Å². The van der Waals surface area contributed by atoms with Crippen molar-refractivity contribution in [2.75, 3.05) is 25.0 Å². The first-order valence-corrected chi connectivity index (χ1v) is 5.35. The van der Waals surface area contributed by atoms with Crippen LogP contribution in [0.3, 0.4) is 0 Å². The molecule has 1 aromatic rings.